The molecule has 0 bridgehead atoms. The summed E-state index contributed by atoms with van der Waals surface area (Å²) in [6.45, 7) is 1.56. The van der Waals surface area contributed by atoms with Gasteiger partial charge in [-0.2, -0.15) is 0 Å². The summed E-state index contributed by atoms with van der Waals surface area (Å²) >= 11 is 12.3. The first-order valence-electron chi connectivity index (χ1n) is 5.47. The molecule has 1 aliphatic heterocycles. The van der Waals surface area contributed by atoms with Crippen molar-refractivity contribution in [3.63, 3.8) is 0 Å². The van der Waals surface area contributed by atoms with Crippen LogP contribution in [0.5, 0.6) is 0 Å². The number of nitrogens with two attached hydrogens (primary N) is 1. The summed E-state index contributed by atoms with van der Waals surface area (Å²) in [5.41, 5.74) is 7.12. The molecule has 1 fully saturated rings. The molecule has 1 unspecified atom stereocenters. The summed E-state index contributed by atoms with van der Waals surface area (Å²) in [6.07, 6.45) is 1.95. The van der Waals surface area contributed by atoms with Gasteiger partial charge in [0.25, 0.3) is 0 Å². The van der Waals surface area contributed by atoms with Crippen molar-refractivity contribution >= 4 is 23.2 Å². The predicted octanol–water partition coefficient (Wildman–Crippen LogP) is 3.42. The molecule has 0 amide bonds. The molecule has 2 N–H and O–H groups in total. The normalized spacial score (nSPS) is 19.7. The molecular formula is C12H15Cl2NO. The number of rotatable bonds is 2. The third-order valence-electron chi connectivity index (χ3n) is 3.11. The lowest BCUT2D eigenvalue weighted by Crippen LogP contribution is -2.27. The molecule has 2 nitrogen and oxygen atoms in total. The van der Waals surface area contributed by atoms with Crippen LogP contribution in [0.2, 0.25) is 10.0 Å². The van der Waals surface area contributed by atoms with E-state index in [4.69, 9.17) is 33.7 Å². The fourth-order valence-corrected chi connectivity index (χ4v) is 2.79. The van der Waals surface area contributed by atoms with E-state index in [1.807, 2.05) is 18.2 Å². The largest absolute Gasteiger partial charge is 0.381 e. The third kappa shape index (κ3) is 2.51. The Balaban J connectivity index is 2.22. The summed E-state index contributed by atoms with van der Waals surface area (Å²) in [5.74, 6) is 0.408. The molecule has 0 saturated carbocycles. The van der Waals surface area contributed by atoms with Crippen LogP contribution in [0.1, 0.15) is 24.4 Å². The third-order valence-corrected chi connectivity index (χ3v) is 3.77. The van der Waals surface area contributed by atoms with Crippen molar-refractivity contribution in [1.29, 1.82) is 0 Å². The second kappa shape index (κ2) is 5.37. The summed E-state index contributed by atoms with van der Waals surface area (Å²) in [5, 5.41) is 1.32. The fraction of sp³-hybridized carbons (Fsp3) is 0.500. The van der Waals surface area contributed by atoms with Gasteiger partial charge in [-0.1, -0.05) is 29.3 Å². The second-order valence-corrected chi connectivity index (χ2v) is 4.93. The first kappa shape index (κ1) is 12.2. The number of hydrogen-bond donors (Lipinski definition) is 1. The van der Waals surface area contributed by atoms with E-state index < -0.39 is 0 Å². The second-order valence-electron chi connectivity index (χ2n) is 4.11. The van der Waals surface area contributed by atoms with Crippen LogP contribution in [-0.2, 0) is 4.74 Å². The molecule has 0 spiro atoms. The van der Waals surface area contributed by atoms with E-state index in [2.05, 4.69) is 0 Å². The van der Waals surface area contributed by atoms with Gasteiger partial charge in [0.05, 0.1) is 0 Å². The molecule has 0 radical (unpaired) electrons. The van der Waals surface area contributed by atoms with E-state index in [9.17, 15) is 0 Å². The van der Waals surface area contributed by atoms with Crippen LogP contribution in [0, 0.1) is 5.92 Å². The standard InChI is InChI=1S/C12H15Cl2NO/c13-9-2-1-3-10(14)11(9)12(15)8-4-6-16-7-5-8/h1-3,8,12H,4-7,15H2. The Hall–Kier alpha value is -0.280. The lowest BCUT2D eigenvalue weighted by molar-refractivity contribution is 0.0584. The molecular weight excluding hydrogens is 245 g/mol. The smallest absolute Gasteiger partial charge is 0.0469 e. The van der Waals surface area contributed by atoms with Crippen molar-refractivity contribution in [1.82, 2.24) is 0 Å². The number of hydrogen-bond acceptors (Lipinski definition) is 2. The minimum atomic E-state index is -0.0925. The van der Waals surface area contributed by atoms with Gasteiger partial charge < -0.3 is 10.5 Å². The summed E-state index contributed by atoms with van der Waals surface area (Å²) in [4.78, 5) is 0. The van der Waals surface area contributed by atoms with Crippen LogP contribution >= 0.6 is 23.2 Å². The molecule has 0 aromatic heterocycles. The maximum atomic E-state index is 6.25. The average Bonchev–Trinajstić information content (AvgIpc) is 2.30. The van der Waals surface area contributed by atoms with Gasteiger partial charge in [0, 0.05) is 34.9 Å². The highest BCUT2D eigenvalue weighted by Crippen LogP contribution is 2.36. The number of halogens is 2. The zero-order chi connectivity index (χ0) is 11.5. The lowest BCUT2D eigenvalue weighted by Gasteiger charge is -2.28. The van der Waals surface area contributed by atoms with E-state index in [1.54, 1.807) is 0 Å². The Morgan fingerprint density at radius 3 is 2.31 bits per heavy atom. The monoisotopic (exact) mass is 259 g/mol. The van der Waals surface area contributed by atoms with E-state index in [-0.39, 0.29) is 6.04 Å². The lowest BCUT2D eigenvalue weighted by atomic mass is 9.88. The van der Waals surface area contributed by atoms with Crippen LogP contribution in [0.25, 0.3) is 0 Å². The van der Waals surface area contributed by atoms with Crippen LogP contribution in [0.4, 0.5) is 0 Å². The highest BCUT2D eigenvalue weighted by atomic mass is 35.5. The molecule has 1 atom stereocenters. The SMILES string of the molecule is NC(c1c(Cl)cccc1Cl)C1CCOCC1. The van der Waals surface area contributed by atoms with Gasteiger partial charge in [0.1, 0.15) is 0 Å². The molecule has 1 aliphatic rings. The van der Waals surface area contributed by atoms with Crippen molar-refractivity contribution < 1.29 is 4.74 Å². The van der Waals surface area contributed by atoms with E-state index in [0.29, 0.717) is 16.0 Å². The molecule has 1 aromatic carbocycles. The van der Waals surface area contributed by atoms with Crippen LogP contribution in [0.15, 0.2) is 18.2 Å². The Labute approximate surface area is 106 Å². The molecule has 1 saturated heterocycles. The van der Waals surface area contributed by atoms with E-state index >= 15 is 0 Å². The quantitative estimate of drug-likeness (QED) is 0.884. The summed E-state index contributed by atoms with van der Waals surface area (Å²) in [6, 6.07) is 5.42. The fourth-order valence-electron chi connectivity index (χ4n) is 2.14. The summed E-state index contributed by atoms with van der Waals surface area (Å²) in [7, 11) is 0. The van der Waals surface area contributed by atoms with Crippen molar-refractivity contribution in [2.75, 3.05) is 13.2 Å². The highest BCUT2D eigenvalue weighted by Gasteiger charge is 2.25. The Bertz CT molecular complexity index is 344. The van der Waals surface area contributed by atoms with Crippen LogP contribution in [0.3, 0.4) is 0 Å². The zero-order valence-corrected chi connectivity index (χ0v) is 10.5. The zero-order valence-electron chi connectivity index (χ0n) is 8.96. The van der Waals surface area contributed by atoms with E-state index in [1.165, 1.54) is 0 Å². The maximum absolute atomic E-state index is 6.25. The van der Waals surface area contributed by atoms with Crippen LogP contribution < -0.4 is 5.73 Å². The number of ether oxygens (including phenoxy) is 1. The van der Waals surface area contributed by atoms with Gasteiger partial charge in [-0.15, -0.1) is 0 Å². The summed E-state index contributed by atoms with van der Waals surface area (Å²) < 4.78 is 5.32. The Morgan fingerprint density at radius 1 is 1.19 bits per heavy atom. The average molecular weight is 260 g/mol. The van der Waals surface area contributed by atoms with Crippen molar-refractivity contribution in [3.8, 4) is 0 Å². The minimum absolute atomic E-state index is 0.0925. The van der Waals surface area contributed by atoms with E-state index in [0.717, 1.165) is 31.6 Å². The number of benzene rings is 1. The van der Waals surface area contributed by atoms with Gasteiger partial charge in [-0.25, -0.2) is 0 Å². The molecule has 1 aromatic rings. The topological polar surface area (TPSA) is 35.2 Å². The highest BCUT2D eigenvalue weighted by molar-refractivity contribution is 6.36. The van der Waals surface area contributed by atoms with Crippen molar-refractivity contribution in [2.45, 2.75) is 18.9 Å². The van der Waals surface area contributed by atoms with Gasteiger partial charge in [-0.3, -0.25) is 0 Å². The molecule has 16 heavy (non-hydrogen) atoms. The maximum Gasteiger partial charge on any atom is 0.0469 e. The minimum Gasteiger partial charge on any atom is -0.381 e. The first-order valence-corrected chi connectivity index (χ1v) is 6.23. The first-order chi connectivity index (χ1) is 7.70. The van der Waals surface area contributed by atoms with Crippen molar-refractivity contribution in [2.24, 2.45) is 11.7 Å². The molecule has 88 valence electrons. The van der Waals surface area contributed by atoms with Crippen LogP contribution in [-0.4, -0.2) is 13.2 Å². The predicted molar refractivity (Wildman–Crippen MR) is 66.9 cm³/mol. The molecule has 1 heterocycles. The van der Waals surface area contributed by atoms with Gasteiger partial charge >= 0.3 is 0 Å². The van der Waals surface area contributed by atoms with Gasteiger partial charge in [-0.05, 0) is 30.9 Å². The molecule has 2 rings (SSSR count). The molecule has 4 heteroatoms. The Kier molecular flexibility index (Phi) is 4.09. The Morgan fingerprint density at radius 2 is 1.75 bits per heavy atom. The van der Waals surface area contributed by atoms with Crippen molar-refractivity contribution in [3.05, 3.63) is 33.8 Å². The van der Waals surface area contributed by atoms with Gasteiger partial charge in [0.2, 0.25) is 0 Å². The van der Waals surface area contributed by atoms with Gasteiger partial charge in [0.15, 0.2) is 0 Å². The molecule has 0 aliphatic carbocycles.